The van der Waals surface area contributed by atoms with Crippen LogP contribution in [0.15, 0.2) is 84.2 Å². The van der Waals surface area contributed by atoms with Gasteiger partial charge in [0.2, 0.25) is 0 Å². The molecular formula is C23H23N3O. The highest BCUT2D eigenvalue weighted by atomic mass is 16.5. The predicted molar refractivity (Wildman–Crippen MR) is 109 cm³/mol. The second-order valence-corrected chi connectivity index (χ2v) is 6.50. The molecule has 0 atom stereocenters. The number of rotatable bonds is 7. The van der Waals surface area contributed by atoms with E-state index in [-0.39, 0.29) is 0 Å². The minimum absolute atomic E-state index is 0.424. The van der Waals surface area contributed by atoms with E-state index < -0.39 is 0 Å². The molecule has 2 heterocycles. The number of aryl methyl sites for hydroxylation is 1. The molecule has 2 aromatic heterocycles. The SMILES string of the molecule is C=C/C=C(\C(=C)N)c1cc(Cc2ccc(Cc3ccnc(C)c3)cc2)no1. The third kappa shape index (κ3) is 4.82. The number of nitrogens with two attached hydrogens (primary N) is 1. The normalized spacial score (nSPS) is 11.4. The van der Waals surface area contributed by atoms with E-state index in [2.05, 4.69) is 59.7 Å². The molecule has 0 spiro atoms. The summed E-state index contributed by atoms with van der Waals surface area (Å²) in [6, 6.07) is 14.6. The van der Waals surface area contributed by atoms with Crippen molar-refractivity contribution in [3.63, 3.8) is 0 Å². The Kier molecular flexibility index (Phi) is 5.67. The average Bonchev–Trinajstić information content (AvgIpc) is 3.09. The first kappa shape index (κ1) is 18.4. The smallest absolute Gasteiger partial charge is 0.169 e. The van der Waals surface area contributed by atoms with E-state index in [1.54, 1.807) is 12.2 Å². The lowest BCUT2D eigenvalue weighted by Gasteiger charge is -2.04. The summed E-state index contributed by atoms with van der Waals surface area (Å²) in [7, 11) is 0. The molecule has 0 saturated heterocycles. The number of benzene rings is 1. The first-order valence-corrected chi connectivity index (χ1v) is 8.78. The Hall–Kier alpha value is -3.40. The van der Waals surface area contributed by atoms with Gasteiger partial charge in [0.15, 0.2) is 5.76 Å². The molecule has 2 N–H and O–H groups in total. The van der Waals surface area contributed by atoms with Crippen LogP contribution in [-0.2, 0) is 12.8 Å². The molecule has 0 saturated carbocycles. The number of nitrogens with zero attached hydrogens (tertiary/aromatic N) is 2. The molecule has 0 radical (unpaired) electrons. The first-order valence-electron chi connectivity index (χ1n) is 8.78. The largest absolute Gasteiger partial charge is 0.399 e. The van der Waals surface area contributed by atoms with E-state index in [0.29, 0.717) is 23.5 Å². The minimum atomic E-state index is 0.424. The molecule has 27 heavy (non-hydrogen) atoms. The molecule has 0 aliphatic carbocycles. The summed E-state index contributed by atoms with van der Waals surface area (Å²) in [6.07, 6.45) is 6.86. The Morgan fingerprint density at radius 2 is 1.78 bits per heavy atom. The molecule has 3 rings (SSSR count). The van der Waals surface area contributed by atoms with Crippen molar-refractivity contribution in [2.45, 2.75) is 19.8 Å². The lowest BCUT2D eigenvalue weighted by atomic mass is 10.0. The van der Waals surface area contributed by atoms with Gasteiger partial charge in [0, 0.05) is 35.6 Å². The summed E-state index contributed by atoms with van der Waals surface area (Å²) in [5.41, 5.74) is 12.5. The number of hydrogen-bond acceptors (Lipinski definition) is 4. The highest BCUT2D eigenvalue weighted by Crippen LogP contribution is 2.21. The molecule has 0 aliphatic rings. The zero-order valence-corrected chi connectivity index (χ0v) is 15.5. The van der Waals surface area contributed by atoms with Crippen LogP contribution >= 0.6 is 0 Å². The first-order chi connectivity index (χ1) is 13.0. The van der Waals surface area contributed by atoms with Crippen LogP contribution in [0.1, 0.15) is 33.8 Å². The summed E-state index contributed by atoms with van der Waals surface area (Å²) in [6.45, 7) is 9.46. The molecular weight excluding hydrogens is 334 g/mol. The van der Waals surface area contributed by atoms with E-state index in [1.807, 2.05) is 19.2 Å². The van der Waals surface area contributed by atoms with Crippen molar-refractivity contribution >= 4 is 5.57 Å². The van der Waals surface area contributed by atoms with Crippen molar-refractivity contribution in [2.24, 2.45) is 5.73 Å². The van der Waals surface area contributed by atoms with Crippen molar-refractivity contribution in [3.05, 3.63) is 114 Å². The van der Waals surface area contributed by atoms with E-state index in [9.17, 15) is 0 Å². The van der Waals surface area contributed by atoms with Crippen molar-refractivity contribution in [1.82, 2.24) is 10.1 Å². The summed E-state index contributed by atoms with van der Waals surface area (Å²) in [5.74, 6) is 0.599. The van der Waals surface area contributed by atoms with Gasteiger partial charge < -0.3 is 10.3 Å². The summed E-state index contributed by atoms with van der Waals surface area (Å²) in [4.78, 5) is 4.24. The lowest BCUT2D eigenvalue weighted by molar-refractivity contribution is 0.404. The van der Waals surface area contributed by atoms with Crippen LogP contribution in [0, 0.1) is 6.92 Å². The van der Waals surface area contributed by atoms with E-state index in [0.717, 1.165) is 17.8 Å². The van der Waals surface area contributed by atoms with Gasteiger partial charge in [-0.25, -0.2) is 0 Å². The fourth-order valence-electron chi connectivity index (χ4n) is 2.92. The van der Waals surface area contributed by atoms with Crippen LogP contribution in [0.2, 0.25) is 0 Å². The van der Waals surface area contributed by atoms with E-state index in [4.69, 9.17) is 10.3 Å². The Morgan fingerprint density at radius 3 is 2.41 bits per heavy atom. The molecule has 0 fully saturated rings. The fraction of sp³-hybridized carbons (Fsp3) is 0.130. The van der Waals surface area contributed by atoms with Crippen molar-refractivity contribution in [3.8, 4) is 0 Å². The van der Waals surface area contributed by atoms with E-state index in [1.165, 1.54) is 16.7 Å². The van der Waals surface area contributed by atoms with Gasteiger partial charge >= 0.3 is 0 Å². The van der Waals surface area contributed by atoms with Gasteiger partial charge in [0.1, 0.15) is 0 Å². The molecule has 4 heteroatoms. The third-order valence-corrected chi connectivity index (χ3v) is 4.23. The number of hydrogen-bond donors (Lipinski definition) is 1. The Balaban J connectivity index is 1.69. The Morgan fingerprint density at radius 1 is 1.07 bits per heavy atom. The van der Waals surface area contributed by atoms with E-state index >= 15 is 0 Å². The van der Waals surface area contributed by atoms with Crippen molar-refractivity contribution in [1.29, 1.82) is 0 Å². The van der Waals surface area contributed by atoms with Crippen LogP contribution in [0.25, 0.3) is 5.57 Å². The van der Waals surface area contributed by atoms with Gasteiger partial charge in [0.05, 0.1) is 5.69 Å². The average molecular weight is 357 g/mol. The van der Waals surface area contributed by atoms with Gasteiger partial charge in [-0.3, -0.25) is 4.98 Å². The Bertz CT molecular complexity index is 981. The number of pyridine rings is 1. The van der Waals surface area contributed by atoms with Gasteiger partial charge in [-0.05, 0) is 48.2 Å². The fourth-order valence-corrected chi connectivity index (χ4v) is 2.92. The molecule has 3 aromatic rings. The standard InChI is InChI=1S/C23H23N3O/c1-4-5-22(17(3)24)23-15-21(26-27-23)14-19-8-6-18(7-9-19)13-20-10-11-25-16(2)12-20/h4-12,15H,1,3,13-14,24H2,2H3/b22-5+. The van der Waals surface area contributed by atoms with Crippen LogP contribution in [-0.4, -0.2) is 10.1 Å². The Labute approximate surface area is 159 Å². The maximum absolute atomic E-state index is 5.80. The molecule has 0 aliphatic heterocycles. The van der Waals surface area contributed by atoms with Gasteiger partial charge in [-0.1, -0.05) is 48.7 Å². The molecule has 136 valence electrons. The predicted octanol–water partition coefficient (Wildman–Crippen LogP) is 4.60. The second-order valence-electron chi connectivity index (χ2n) is 6.50. The second kappa shape index (κ2) is 8.32. The highest BCUT2D eigenvalue weighted by molar-refractivity contribution is 5.75. The molecule has 4 nitrogen and oxygen atoms in total. The van der Waals surface area contributed by atoms with Gasteiger partial charge in [-0.15, -0.1) is 0 Å². The molecule has 0 unspecified atom stereocenters. The maximum Gasteiger partial charge on any atom is 0.169 e. The molecule has 0 amide bonds. The topological polar surface area (TPSA) is 64.9 Å². The van der Waals surface area contributed by atoms with Gasteiger partial charge in [0.25, 0.3) is 0 Å². The van der Waals surface area contributed by atoms with Crippen LogP contribution < -0.4 is 5.73 Å². The summed E-state index contributed by atoms with van der Waals surface area (Å²) in [5, 5.41) is 4.14. The lowest BCUT2D eigenvalue weighted by Crippen LogP contribution is -1.97. The molecule has 0 bridgehead atoms. The van der Waals surface area contributed by atoms with Crippen molar-refractivity contribution in [2.75, 3.05) is 0 Å². The quantitative estimate of drug-likeness (QED) is 0.628. The summed E-state index contributed by atoms with van der Waals surface area (Å²) < 4.78 is 5.41. The summed E-state index contributed by atoms with van der Waals surface area (Å²) >= 11 is 0. The maximum atomic E-state index is 5.80. The highest BCUT2D eigenvalue weighted by Gasteiger charge is 2.11. The van der Waals surface area contributed by atoms with Crippen LogP contribution in [0.4, 0.5) is 0 Å². The number of aromatic nitrogens is 2. The van der Waals surface area contributed by atoms with Crippen LogP contribution in [0.5, 0.6) is 0 Å². The van der Waals surface area contributed by atoms with Crippen molar-refractivity contribution < 1.29 is 4.52 Å². The monoisotopic (exact) mass is 357 g/mol. The minimum Gasteiger partial charge on any atom is -0.399 e. The number of allylic oxidation sites excluding steroid dienone is 3. The zero-order chi connectivity index (χ0) is 19.2. The zero-order valence-electron chi connectivity index (χ0n) is 15.5. The van der Waals surface area contributed by atoms with Gasteiger partial charge in [-0.2, -0.15) is 0 Å². The molecule has 1 aromatic carbocycles. The third-order valence-electron chi connectivity index (χ3n) is 4.23. The van der Waals surface area contributed by atoms with Crippen LogP contribution in [0.3, 0.4) is 0 Å².